The predicted octanol–water partition coefficient (Wildman–Crippen LogP) is 4.41. The number of rotatable bonds is 2. The van der Waals surface area contributed by atoms with E-state index in [2.05, 4.69) is 26.8 Å². The summed E-state index contributed by atoms with van der Waals surface area (Å²) < 4.78 is 13.3. The van der Waals surface area contributed by atoms with E-state index in [4.69, 9.17) is 5.41 Å². The molecule has 1 aromatic carbocycles. The molecule has 4 heteroatoms. The lowest BCUT2D eigenvalue weighted by molar-refractivity contribution is 0.341. The van der Waals surface area contributed by atoms with E-state index in [1.54, 1.807) is 17.4 Å². The molecule has 2 nitrogen and oxygen atoms in total. The molecule has 1 N–H and O–H groups in total. The van der Waals surface area contributed by atoms with Gasteiger partial charge in [0.25, 0.3) is 0 Å². The van der Waals surface area contributed by atoms with Crippen LogP contribution in [-0.4, -0.2) is 10.7 Å². The number of amidine groups is 1. The summed E-state index contributed by atoms with van der Waals surface area (Å²) in [5, 5.41) is 8.30. The largest absolute Gasteiger partial charge is 0.345 e. The molecular formula is C16H17FN2S. The molecule has 0 spiro atoms. The molecule has 2 heterocycles. The lowest BCUT2D eigenvalue weighted by Gasteiger charge is -2.26. The van der Waals surface area contributed by atoms with E-state index in [-0.39, 0.29) is 11.9 Å². The Morgan fingerprint density at radius 1 is 1.30 bits per heavy atom. The van der Waals surface area contributed by atoms with Gasteiger partial charge in [0.15, 0.2) is 0 Å². The number of aryl methyl sites for hydroxylation is 2. The van der Waals surface area contributed by atoms with Gasteiger partial charge in [0.2, 0.25) is 0 Å². The molecule has 2 aromatic rings. The van der Waals surface area contributed by atoms with E-state index >= 15 is 0 Å². The van der Waals surface area contributed by atoms with Crippen molar-refractivity contribution in [2.24, 2.45) is 0 Å². The van der Waals surface area contributed by atoms with Gasteiger partial charge in [-0.05, 0) is 50.1 Å². The molecule has 0 radical (unpaired) electrons. The van der Waals surface area contributed by atoms with Crippen LogP contribution >= 0.6 is 11.3 Å². The minimum atomic E-state index is -0.273. The van der Waals surface area contributed by atoms with Crippen molar-refractivity contribution in [3.8, 4) is 0 Å². The Balaban J connectivity index is 1.94. The second-order valence-electron chi connectivity index (χ2n) is 5.32. The van der Waals surface area contributed by atoms with Crippen molar-refractivity contribution in [3.05, 3.63) is 56.5 Å². The molecule has 1 aliphatic rings. The molecule has 20 heavy (non-hydrogen) atoms. The first kappa shape index (κ1) is 13.3. The molecule has 0 saturated heterocycles. The Bertz CT molecular complexity index is 690. The summed E-state index contributed by atoms with van der Waals surface area (Å²) in [6.07, 6.45) is 0. The van der Waals surface area contributed by atoms with Gasteiger partial charge in [-0.15, -0.1) is 11.3 Å². The summed E-state index contributed by atoms with van der Waals surface area (Å²) in [5.41, 5.74) is 3.03. The maximum atomic E-state index is 13.3. The van der Waals surface area contributed by atoms with Crippen LogP contribution in [0.2, 0.25) is 0 Å². The zero-order chi connectivity index (χ0) is 14.4. The molecule has 0 amide bonds. The highest BCUT2D eigenvalue weighted by molar-refractivity contribution is 7.12. The first-order chi connectivity index (χ1) is 9.47. The molecule has 1 aliphatic heterocycles. The Morgan fingerprint density at radius 3 is 2.70 bits per heavy atom. The molecule has 0 bridgehead atoms. The standard InChI is InChI=1S/C16H17FN2S/c1-9-6-14(11(3)20-9)10(2)19-8-12-4-5-13(17)7-15(12)16(19)18/h4-7,10,18H,8H2,1-3H3. The van der Waals surface area contributed by atoms with Crippen LogP contribution in [0.5, 0.6) is 0 Å². The fourth-order valence-electron chi connectivity index (χ4n) is 2.89. The third-order valence-corrected chi connectivity index (χ3v) is 4.93. The molecule has 104 valence electrons. The van der Waals surface area contributed by atoms with Crippen molar-refractivity contribution in [1.82, 2.24) is 4.90 Å². The molecule has 0 fully saturated rings. The van der Waals surface area contributed by atoms with Gasteiger partial charge in [0.1, 0.15) is 11.7 Å². The van der Waals surface area contributed by atoms with Crippen LogP contribution in [0.4, 0.5) is 4.39 Å². The molecule has 1 aromatic heterocycles. The van der Waals surface area contributed by atoms with Crippen molar-refractivity contribution >= 4 is 17.2 Å². The van der Waals surface area contributed by atoms with Gasteiger partial charge in [-0.2, -0.15) is 0 Å². The van der Waals surface area contributed by atoms with Crippen LogP contribution in [-0.2, 0) is 6.54 Å². The molecule has 1 atom stereocenters. The number of nitrogens with zero attached hydrogens (tertiary/aromatic N) is 1. The second-order valence-corrected chi connectivity index (χ2v) is 6.78. The molecule has 1 unspecified atom stereocenters. The van der Waals surface area contributed by atoms with Gasteiger partial charge in [-0.25, -0.2) is 4.39 Å². The van der Waals surface area contributed by atoms with E-state index in [0.29, 0.717) is 12.4 Å². The Morgan fingerprint density at radius 2 is 2.05 bits per heavy atom. The summed E-state index contributed by atoms with van der Waals surface area (Å²) in [5.74, 6) is 0.154. The third kappa shape index (κ3) is 2.04. The number of hydrogen-bond acceptors (Lipinski definition) is 2. The van der Waals surface area contributed by atoms with Gasteiger partial charge in [-0.3, -0.25) is 5.41 Å². The molecule has 3 rings (SSSR count). The van der Waals surface area contributed by atoms with Crippen molar-refractivity contribution in [2.45, 2.75) is 33.4 Å². The third-order valence-electron chi connectivity index (χ3n) is 3.95. The number of halogens is 1. The zero-order valence-corrected chi connectivity index (χ0v) is 12.6. The van der Waals surface area contributed by atoms with Crippen LogP contribution in [0.25, 0.3) is 0 Å². The summed E-state index contributed by atoms with van der Waals surface area (Å²) >= 11 is 1.79. The summed E-state index contributed by atoms with van der Waals surface area (Å²) in [4.78, 5) is 4.63. The quantitative estimate of drug-likeness (QED) is 0.871. The van der Waals surface area contributed by atoms with Gasteiger partial charge in [0.05, 0.1) is 6.04 Å². The number of fused-ring (bicyclic) bond motifs is 1. The smallest absolute Gasteiger partial charge is 0.129 e. The monoisotopic (exact) mass is 288 g/mol. The first-order valence-corrected chi connectivity index (χ1v) is 7.50. The fraction of sp³-hybridized carbons (Fsp3) is 0.312. The highest BCUT2D eigenvalue weighted by Crippen LogP contribution is 2.35. The maximum Gasteiger partial charge on any atom is 0.129 e. The van der Waals surface area contributed by atoms with Crippen LogP contribution in [0, 0.1) is 25.1 Å². The molecule has 0 aliphatic carbocycles. The van der Waals surface area contributed by atoms with Crippen molar-refractivity contribution < 1.29 is 4.39 Å². The number of hydrogen-bond donors (Lipinski definition) is 1. The normalized spacial score (nSPS) is 15.6. The lowest BCUT2D eigenvalue weighted by atomic mass is 10.1. The van der Waals surface area contributed by atoms with Crippen molar-refractivity contribution in [1.29, 1.82) is 5.41 Å². The van der Waals surface area contributed by atoms with Crippen LogP contribution in [0.1, 0.15) is 39.4 Å². The predicted molar refractivity (Wildman–Crippen MR) is 81.0 cm³/mol. The van der Waals surface area contributed by atoms with Gasteiger partial charge in [-0.1, -0.05) is 6.07 Å². The summed E-state index contributed by atoms with van der Waals surface area (Å²) in [6.45, 7) is 7.03. The number of nitrogens with one attached hydrogen (secondary N) is 1. The second kappa shape index (κ2) is 4.70. The van der Waals surface area contributed by atoms with Crippen LogP contribution in [0.15, 0.2) is 24.3 Å². The maximum absolute atomic E-state index is 13.3. The average Bonchev–Trinajstić information content (AvgIpc) is 2.90. The molecular weight excluding hydrogens is 271 g/mol. The summed E-state index contributed by atoms with van der Waals surface area (Å²) in [7, 11) is 0. The fourth-order valence-corrected chi connectivity index (χ4v) is 3.90. The van der Waals surface area contributed by atoms with E-state index in [0.717, 1.165) is 11.1 Å². The van der Waals surface area contributed by atoms with Crippen molar-refractivity contribution in [3.63, 3.8) is 0 Å². The van der Waals surface area contributed by atoms with E-state index < -0.39 is 0 Å². The van der Waals surface area contributed by atoms with Gasteiger partial charge < -0.3 is 4.90 Å². The number of thiophene rings is 1. The Hall–Kier alpha value is -1.68. The van der Waals surface area contributed by atoms with E-state index in [9.17, 15) is 4.39 Å². The number of benzene rings is 1. The topological polar surface area (TPSA) is 27.1 Å². The van der Waals surface area contributed by atoms with Gasteiger partial charge in [0, 0.05) is 21.9 Å². The molecule has 0 saturated carbocycles. The lowest BCUT2D eigenvalue weighted by Crippen LogP contribution is -2.27. The Labute approximate surface area is 122 Å². The first-order valence-electron chi connectivity index (χ1n) is 6.68. The van der Waals surface area contributed by atoms with Crippen molar-refractivity contribution in [2.75, 3.05) is 0 Å². The zero-order valence-electron chi connectivity index (χ0n) is 11.8. The average molecular weight is 288 g/mol. The summed E-state index contributed by atoms with van der Waals surface area (Å²) in [6, 6.07) is 7.07. The minimum Gasteiger partial charge on any atom is -0.345 e. The van der Waals surface area contributed by atoms with Gasteiger partial charge >= 0.3 is 0 Å². The van der Waals surface area contributed by atoms with E-state index in [1.807, 2.05) is 4.90 Å². The van der Waals surface area contributed by atoms with E-state index in [1.165, 1.54) is 27.5 Å². The highest BCUT2D eigenvalue weighted by Gasteiger charge is 2.29. The minimum absolute atomic E-state index is 0.142. The Kier molecular flexibility index (Phi) is 3.13. The van der Waals surface area contributed by atoms with Crippen LogP contribution in [0.3, 0.4) is 0 Å². The van der Waals surface area contributed by atoms with Crippen LogP contribution < -0.4 is 0 Å². The highest BCUT2D eigenvalue weighted by atomic mass is 32.1. The SMILES string of the molecule is Cc1cc(C(C)N2Cc3ccc(F)cc3C2=N)c(C)s1.